The number of amidine groups is 1. The Kier molecular flexibility index (Phi) is 7.03. The van der Waals surface area contributed by atoms with Crippen LogP contribution in [0.4, 0.5) is 5.69 Å². The highest BCUT2D eigenvalue weighted by Crippen LogP contribution is 2.45. The summed E-state index contributed by atoms with van der Waals surface area (Å²) in [6.07, 6.45) is -0.192. The van der Waals surface area contributed by atoms with E-state index in [0.717, 1.165) is 0 Å². The number of hydrogen-bond acceptors (Lipinski definition) is 9. The molecular formula is C23H26N4O6S. The average molecular weight is 487 g/mol. The Labute approximate surface area is 201 Å². The first kappa shape index (κ1) is 24.0. The number of nitro benzene ring substituents is 1. The van der Waals surface area contributed by atoms with Crippen molar-refractivity contribution in [2.45, 2.75) is 39.3 Å². The first-order chi connectivity index (χ1) is 16.3. The van der Waals surface area contributed by atoms with E-state index in [0.29, 0.717) is 54.0 Å². The van der Waals surface area contributed by atoms with Crippen LogP contribution in [0.2, 0.25) is 0 Å². The number of allylic oxidation sites excluding steroid dienone is 1. The van der Waals surface area contributed by atoms with Crippen LogP contribution in [0.1, 0.15) is 38.8 Å². The molecule has 3 aliphatic heterocycles. The summed E-state index contributed by atoms with van der Waals surface area (Å²) in [4.78, 5) is 45.1. The Morgan fingerprint density at radius 3 is 2.56 bits per heavy atom. The van der Waals surface area contributed by atoms with E-state index in [2.05, 4.69) is 4.99 Å². The molecule has 1 aromatic rings. The van der Waals surface area contributed by atoms with Gasteiger partial charge in [0.15, 0.2) is 5.17 Å². The maximum absolute atomic E-state index is 13.1. The van der Waals surface area contributed by atoms with Crippen LogP contribution in [0.15, 0.2) is 51.6 Å². The van der Waals surface area contributed by atoms with E-state index in [1.807, 2.05) is 10.3 Å². The van der Waals surface area contributed by atoms with Crippen molar-refractivity contribution >= 4 is 34.5 Å². The van der Waals surface area contributed by atoms with Crippen molar-refractivity contribution in [3.05, 3.63) is 62.3 Å². The molecule has 180 valence electrons. The molecule has 0 aliphatic carbocycles. The maximum atomic E-state index is 13.1. The van der Waals surface area contributed by atoms with Gasteiger partial charge in [0, 0.05) is 30.9 Å². The molecule has 1 fully saturated rings. The highest BCUT2D eigenvalue weighted by molar-refractivity contribution is 8.16. The Morgan fingerprint density at radius 2 is 1.94 bits per heavy atom. The van der Waals surface area contributed by atoms with Gasteiger partial charge in [0.05, 0.1) is 48.0 Å². The van der Waals surface area contributed by atoms with E-state index in [1.165, 1.54) is 23.9 Å². The lowest BCUT2D eigenvalue weighted by molar-refractivity contribution is -0.384. The van der Waals surface area contributed by atoms with Gasteiger partial charge in [-0.05, 0) is 43.9 Å². The number of fused-ring (bicyclic) bond motifs is 1. The largest absolute Gasteiger partial charge is 0.459 e. The van der Waals surface area contributed by atoms with Gasteiger partial charge in [-0.25, -0.2) is 9.79 Å². The summed E-state index contributed by atoms with van der Waals surface area (Å²) in [5.74, 6) is -0.536. The van der Waals surface area contributed by atoms with Crippen LogP contribution in [-0.4, -0.2) is 64.2 Å². The number of morpholine rings is 1. The first-order valence-electron chi connectivity index (χ1n) is 11.0. The molecule has 0 bridgehead atoms. The number of carbonyl (C=O) groups excluding carboxylic acids is 2. The number of hydrogen-bond donors (Lipinski definition) is 0. The van der Waals surface area contributed by atoms with Gasteiger partial charge in [-0.2, -0.15) is 0 Å². The number of benzene rings is 1. The zero-order valence-electron chi connectivity index (χ0n) is 19.2. The zero-order valence-corrected chi connectivity index (χ0v) is 20.0. The van der Waals surface area contributed by atoms with Gasteiger partial charge in [-0.1, -0.05) is 11.8 Å². The fourth-order valence-electron chi connectivity index (χ4n) is 4.08. The molecule has 0 N–H and O–H groups in total. The van der Waals surface area contributed by atoms with E-state index >= 15 is 0 Å². The number of esters is 1. The highest BCUT2D eigenvalue weighted by Gasteiger charge is 2.41. The van der Waals surface area contributed by atoms with Crippen LogP contribution in [-0.2, 0) is 19.1 Å². The number of thioether (sulfide) groups is 1. The lowest BCUT2D eigenvalue weighted by Gasteiger charge is -2.37. The quantitative estimate of drug-likeness (QED) is 0.342. The van der Waals surface area contributed by atoms with E-state index in [-0.39, 0.29) is 24.1 Å². The molecule has 0 radical (unpaired) electrons. The normalized spacial score (nSPS) is 20.2. The third-order valence-electron chi connectivity index (χ3n) is 5.68. The molecule has 3 aliphatic rings. The van der Waals surface area contributed by atoms with Crippen molar-refractivity contribution in [2.75, 3.05) is 26.3 Å². The predicted octanol–water partition coefficient (Wildman–Crippen LogP) is 3.37. The smallest absolute Gasteiger partial charge is 0.338 e. The summed E-state index contributed by atoms with van der Waals surface area (Å²) in [5, 5.41) is 13.7. The van der Waals surface area contributed by atoms with Crippen molar-refractivity contribution < 1.29 is 24.0 Å². The SMILES string of the molecule is CC1=C(C(=O)OC(C)C)[C@@H](c2ccc([N+](=O)[O-])cc2)N2C(CC(=O)N3CCOCC3)=CSC2=N1. The van der Waals surface area contributed by atoms with E-state index in [4.69, 9.17) is 9.47 Å². The molecule has 34 heavy (non-hydrogen) atoms. The van der Waals surface area contributed by atoms with Crippen molar-refractivity contribution in [3.8, 4) is 0 Å². The van der Waals surface area contributed by atoms with Crippen LogP contribution in [0, 0.1) is 10.1 Å². The number of nitro groups is 1. The molecule has 1 amide bonds. The summed E-state index contributed by atoms with van der Waals surface area (Å²) in [7, 11) is 0. The minimum absolute atomic E-state index is 0.0311. The third-order valence-corrected chi connectivity index (χ3v) is 6.57. The number of aliphatic imine (C=N–C) groups is 1. The van der Waals surface area contributed by atoms with Gasteiger partial charge in [0.2, 0.25) is 5.91 Å². The van der Waals surface area contributed by atoms with Crippen molar-refractivity contribution in [1.29, 1.82) is 0 Å². The van der Waals surface area contributed by atoms with Crippen molar-refractivity contribution in [3.63, 3.8) is 0 Å². The molecule has 10 nitrogen and oxygen atoms in total. The second kappa shape index (κ2) is 9.98. The van der Waals surface area contributed by atoms with Crippen LogP contribution < -0.4 is 0 Å². The second-order valence-corrected chi connectivity index (χ2v) is 9.20. The Balaban J connectivity index is 1.70. The van der Waals surface area contributed by atoms with Gasteiger partial charge in [0.25, 0.3) is 5.69 Å². The third kappa shape index (κ3) is 4.85. The number of ether oxygens (including phenoxy) is 2. The number of non-ortho nitro benzene ring substituents is 1. The molecule has 3 heterocycles. The van der Waals surface area contributed by atoms with Crippen LogP contribution >= 0.6 is 11.8 Å². The number of carbonyl (C=O) groups is 2. The molecule has 0 aromatic heterocycles. The first-order valence-corrected chi connectivity index (χ1v) is 11.9. The van der Waals surface area contributed by atoms with Crippen molar-refractivity contribution in [1.82, 2.24) is 9.80 Å². The zero-order chi connectivity index (χ0) is 24.4. The average Bonchev–Trinajstić information content (AvgIpc) is 3.20. The number of rotatable bonds is 6. The minimum Gasteiger partial charge on any atom is -0.459 e. The van der Waals surface area contributed by atoms with Crippen molar-refractivity contribution in [2.24, 2.45) is 4.99 Å². The maximum Gasteiger partial charge on any atom is 0.338 e. The monoisotopic (exact) mass is 486 g/mol. The van der Waals surface area contributed by atoms with Gasteiger partial charge < -0.3 is 19.3 Å². The fourth-order valence-corrected chi connectivity index (χ4v) is 5.05. The minimum atomic E-state index is -0.627. The highest BCUT2D eigenvalue weighted by atomic mass is 32.2. The second-order valence-electron chi connectivity index (χ2n) is 8.37. The van der Waals surface area contributed by atoms with E-state index in [1.54, 1.807) is 37.8 Å². The lowest BCUT2D eigenvalue weighted by atomic mass is 9.93. The van der Waals surface area contributed by atoms with E-state index in [9.17, 15) is 19.7 Å². The van der Waals surface area contributed by atoms with Gasteiger partial charge in [0.1, 0.15) is 0 Å². The molecule has 0 unspecified atom stereocenters. The van der Waals surface area contributed by atoms with Crippen LogP contribution in [0.3, 0.4) is 0 Å². The molecular weight excluding hydrogens is 460 g/mol. The Bertz CT molecular complexity index is 1090. The summed E-state index contributed by atoms with van der Waals surface area (Å²) < 4.78 is 10.9. The predicted molar refractivity (Wildman–Crippen MR) is 127 cm³/mol. The molecule has 0 spiro atoms. The van der Waals surface area contributed by atoms with Crippen LogP contribution in [0.5, 0.6) is 0 Å². The number of amides is 1. The summed E-state index contributed by atoms with van der Waals surface area (Å²) in [6.45, 7) is 7.38. The fraction of sp³-hybridized carbons (Fsp3) is 0.435. The van der Waals surface area contributed by atoms with Gasteiger partial charge in [-0.3, -0.25) is 14.9 Å². The Hall–Kier alpha value is -3.18. The van der Waals surface area contributed by atoms with Crippen LogP contribution in [0.25, 0.3) is 0 Å². The molecule has 0 saturated carbocycles. The standard InChI is InChI=1S/C23H26N4O6S/c1-14(2)33-22(29)20-15(3)24-23-26(21(20)16-4-6-17(7-5-16)27(30)31)18(13-34-23)12-19(28)25-8-10-32-11-9-25/h4-7,13-14,21H,8-12H2,1-3H3/t21-/m1/s1. The Morgan fingerprint density at radius 1 is 1.26 bits per heavy atom. The molecule has 4 rings (SSSR count). The molecule has 1 saturated heterocycles. The van der Waals surface area contributed by atoms with Gasteiger partial charge >= 0.3 is 5.97 Å². The number of nitrogens with zero attached hydrogens (tertiary/aromatic N) is 4. The lowest BCUT2D eigenvalue weighted by Crippen LogP contribution is -2.42. The van der Waals surface area contributed by atoms with Gasteiger partial charge in [-0.15, -0.1) is 0 Å². The molecule has 1 atom stereocenters. The topological polar surface area (TPSA) is 115 Å². The summed E-state index contributed by atoms with van der Waals surface area (Å²) in [5.41, 5.74) is 2.20. The summed E-state index contributed by atoms with van der Waals surface area (Å²) >= 11 is 1.38. The summed E-state index contributed by atoms with van der Waals surface area (Å²) in [6, 6.07) is 5.45. The van der Waals surface area contributed by atoms with E-state index < -0.39 is 16.9 Å². The molecule has 1 aromatic carbocycles. The molecule has 11 heteroatoms.